The summed E-state index contributed by atoms with van der Waals surface area (Å²) in [4.78, 5) is 14.5. The molecule has 0 aliphatic heterocycles. The van der Waals surface area contributed by atoms with Crippen LogP contribution in [0.15, 0.2) is 108 Å². The standard InChI is InChI=1S/C33H42O3SSi/c1-32(2,3)38(29-17-11-7-12-18-29,30-19-13-8-14-20-30)36-24-22-27(21-23-34)25-31(35)33(4,5)26-37-28-15-9-6-10-16-28/h6-20,22,34H,21,23-26H2,1-5H3/b27-22+. The predicted molar refractivity (Wildman–Crippen MR) is 164 cm³/mol. The Morgan fingerprint density at radius 1 is 0.842 bits per heavy atom. The molecule has 0 aromatic heterocycles. The number of hydrogen-bond acceptors (Lipinski definition) is 4. The van der Waals surface area contributed by atoms with E-state index >= 15 is 0 Å². The number of ketones is 1. The lowest BCUT2D eigenvalue weighted by Crippen LogP contribution is -2.66. The predicted octanol–water partition coefficient (Wildman–Crippen LogP) is 6.65. The molecule has 1 N–H and O–H groups in total. The Morgan fingerprint density at radius 3 is 1.82 bits per heavy atom. The summed E-state index contributed by atoms with van der Waals surface area (Å²) in [5, 5.41) is 12.1. The minimum atomic E-state index is -2.66. The lowest BCUT2D eigenvalue weighted by Gasteiger charge is -2.42. The molecule has 0 amide bonds. The van der Waals surface area contributed by atoms with E-state index in [1.165, 1.54) is 15.3 Å². The van der Waals surface area contributed by atoms with Gasteiger partial charge in [-0.25, -0.2) is 0 Å². The highest BCUT2D eigenvalue weighted by Gasteiger charge is 2.49. The zero-order chi connectivity index (χ0) is 27.7. The number of benzene rings is 3. The molecule has 3 aromatic rings. The van der Waals surface area contributed by atoms with Crippen molar-refractivity contribution >= 4 is 36.2 Å². The van der Waals surface area contributed by atoms with Gasteiger partial charge in [0.2, 0.25) is 0 Å². The largest absolute Gasteiger partial charge is 0.404 e. The van der Waals surface area contributed by atoms with Crippen molar-refractivity contribution < 1.29 is 14.3 Å². The second-order valence-corrected chi connectivity index (χ2v) is 16.8. The highest BCUT2D eigenvalue weighted by Crippen LogP contribution is 2.37. The van der Waals surface area contributed by atoms with E-state index in [0.717, 1.165) is 5.57 Å². The third-order valence-electron chi connectivity index (χ3n) is 7.01. The normalized spacial score (nSPS) is 12.9. The lowest BCUT2D eigenvalue weighted by atomic mass is 9.86. The second kappa shape index (κ2) is 13.6. The highest BCUT2D eigenvalue weighted by molar-refractivity contribution is 7.99. The summed E-state index contributed by atoms with van der Waals surface area (Å²) in [6, 6.07) is 31.3. The Morgan fingerprint density at radius 2 is 1.34 bits per heavy atom. The van der Waals surface area contributed by atoms with Gasteiger partial charge in [-0.2, -0.15) is 0 Å². The van der Waals surface area contributed by atoms with Crippen molar-refractivity contribution in [2.45, 2.75) is 57.4 Å². The van der Waals surface area contributed by atoms with Gasteiger partial charge in [0.1, 0.15) is 5.78 Å². The molecule has 202 valence electrons. The van der Waals surface area contributed by atoms with E-state index in [4.69, 9.17) is 4.43 Å². The molecule has 3 rings (SSSR count). The van der Waals surface area contributed by atoms with Crippen LogP contribution in [0, 0.1) is 5.41 Å². The number of aliphatic hydroxyl groups excluding tert-OH is 1. The van der Waals surface area contributed by atoms with Gasteiger partial charge in [-0.15, -0.1) is 11.8 Å². The van der Waals surface area contributed by atoms with E-state index in [1.54, 1.807) is 11.8 Å². The average Bonchev–Trinajstić information content (AvgIpc) is 2.91. The van der Waals surface area contributed by atoms with Crippen LogP contribution in [0.4, 0.5) is 0 Å². The summed E-state index contributed by atoms with van der Waals surface area (Å²) < 4.78 is 6.98. The molecule has 0 aliphatic carbocycles. The quantitative estimate of drug-likeness (QED) is 0.148. The molecule has 0 atom stereocenters. The van der Waals surface area contributed by atoms with Gasteiger partial charge in [0, 0.05) is 29.1 Å². The number of rotatable bonds is 13. The summed E-state index contributed by atoms with van der Waals surface area (Å²) >= 11 is 1.71. The Labute approximate surface area is 234 Å². The molecule has 3 nitrogen and oxygen atoms in total. The van der Waals surface area contributed by atoms with Crippen molar-refractivity contribution in [3.8, 4) is 0 Å². The van der Waals surface area contributed by atoms with Crippen molar-refractivity contribution in [3.63, 3.8) is 0 Å². The maximum atomic E-state index is 13.4. The summed E-state index contributed by atoms with van der Waals surface area (Å²) in [7, 11) is -2.66. The molecule has 0 saturated carbocycles. The second-order valence-electron chi connectivity index (χ2n) is 11.4. The number of carbonyl (C=O) groups excluding carboxylic acids is 1. The van der Waals surface area contributed by atoms with Gasteiger partial charge in [-0.05, 0) is 34.0 Å². The minimum Gasteiger partial charge on any atom is -0.404 e. The van der Waals surface area contributed by atoms with E-state index in [2.05, 4.69) is 81.4 Å². The molecule has 0 bridgehead atoms. The first kappa shape index (κ1) is 30.1. The van der Waals surface area contributed by atoms with Crippen LogP contribution in [0.25, 0.3) is 0 Å². The number of hydrogen-bond donors (Lipinski definition) is 1. The molecule has 38 heavy (non-hydrogen) atoms. The van der Waals surface area contributed by atoms with E-state index in [1.807, 2.05) is 50.3 Å². The van der Waals surface area contributed by atoms with Gasteiger partial charge in [0.15, 0.2) is 0 Å². The first-order valence-corrected chi connectivity index (χ1v) is 16.2. The van der Waals surface area contributed by atoms with Crippen LogP contribution < -0.4 is 10.4 Å². The Bertz CT molecular complexity index is 1130. The number of aliphatic hydroxyl groups is 1. The minimum absolute atomic E-state index is 0.0114. The fourth-order valence-corrected chi connectivity index (χ4v) is 10.3. The van der Waals surface area contributed by atoms with Gasteiger partial charge in [0.25, 0.3) is 8.32 Å². The van der Waals surface area contributed by atoms with Crippen LogP contribution in [-0.2, 0) is 9.22 Å². The molecule has 0 aliphatic rings. The fourth-order valence-electron chi connectivity index (χ4n) is 4.76. The van der Waals surface area contributed by atoms with Crippen molar-refractivity contribution in [2.24, 2.45) is 5.41 Å². The Hall–Kier alpha value is -2.44. The van der Waals surface area contributed by atoms with Gasteiger partial charge in [-0.1, -0.05) is 125 Å². The van der Waals surface area contributed by atoms with Crippen LogP contribution >= 0.6 is 11.8 Å². The highest BCUT2D eigenvalue weighted by atomic mass is 32.2. The molecular weight excluding hydrogens is 505 g/mol. The van der Waals surface area contributed by atoms with Crippen molar-refractivity contribution in [2.75, 3.05) is 19.0 Å². The van der Waals surface area contributed by atoms with Crippen LogP contribution in [0.5, 0.6) is 0 Å². The van der Waals surface area contributed by atoms with E-state index in [0.29, 0.717) is 25.2 Å². The smallest absolute Gasteiger partial charge is 0.261 e. The fraction of sp³-hybridized carbons (Fsp3) is 0.364. The molecule has 0 spiro atoms. The Balaban J connectivity index is 1.82. The molecule has 0 radical (unpaired) electrons. The molecule has 0 saturated heterocycles. The third kappa shape index (κ3) is 7.57. The monoisotopic (exact) mass is 546 g/mol. The molecule has 0 fully saturated rings. The van der Waals surface area contributed by atoms with E-state index in [9.17, 15) is 9.90 Å². The third-order valence-corrected chi connectivity index (χ3v) is 13.5. The molecule has 0 heterocycles. The van der Waals surface area contributed by atoms with E-state index in [-0.39, 0.29) is 17.4 Å². The first-order chi connectivity index (χ1) is 18.1. The van der Waals surface area contributed by atoms with Crippen LogP contribution in [0.1, 0.15) is 47.5 Å². The molecule has 3 aromatic carbocycles. The topological polar surface area (TPSA) is 46.5 Å². The van der Waals surface area contributed by atoms with Crippen molar-refractivity contribution in [1.82, 2.24) is 0 Å². The molecular formula is C33H42O3SSi. The number of Topliss-reactive ketones (excluding diaryl/α,β-unsaturated/α-hetero) is 1. The molecule has 0 unspecified atom stereocenters. The van der Waals surface area contributed by atoms with Crippen molar-refractivity contribution in [3.05, 3.63) is 103 Å². The van der Waals surface area contributed by atoms with Crippen LogP contribution in [0.2, 0.25) is 5.04 Å². The summed E-state index contributed by atoms with van der Waals surface area (Å²) in [5.41, 5.74) is 0.460. The first-order valence-electron chi connectivity index (χ1n) is 13.3. The molecule has 5 heteroatoms. The van der Waals surface area contributed by atoms with Gasteiger partial charge in [0.05, 0.1) is 6.61 Å². The van der Waals surface area contributed by atoms with E-state index < -0.39 is 13.7 Å². The van der Waals surface area contributed by atoms with Gasteiger partial charge >= 0.3 is 0 Å². The average molecular weight is 547 g/mol. The number of thioether (sulfide) groups is 1. The maximum absolute atomic E-state index is 13.4. The van der Waals surface area contributed by atoms with Gasteiger partial charge in [-0.3, -0.25) is 4.79 Å². The van der Waals surface area contributed by atoms with Crippen LogP contribution in [-0.4, -0.2) is 38.2 Å². The lowest BCUT2D eigenvalue weighted by molar-refractivity contribution is -0.125. The zero-order valence-electron chi connectivity index (χ0n) is 23.4. The zero-order valence-corrected chi connectivity index (χ0v) is 25.3. The summed E-state index contributed by atoms with van der Waals surface area (Å²) in [6.45, 7) is 11.2. The van der Waals surface area contributed by atoms with Gasteiger partial charge < -0.3 is 9.53 Å². The maximum Gasteiger partial charge on any atom is 0.261 e. The van der Waals surface area contributed by atoms with Crippen LogP contribution in [0.3, 0.4) is 0 Å². The van der Waals surface area contributed by atoms with Crippen molar-refractivity contribution in [1.29, 1.82) is 0 Å². The Kier molecular flexibility index (Phi) is 10.7. The number of carbonyl (C=O) groups is 1. The summed E-state index contributed by atoms with van der Waals surface area (Å²) in [5.74, 6) is 0.895. The summed E-state index contributed by atoms with van der Waals surface area (Å²) in [6.07, 6.45) is 2.83. The SMILES string of the molecule is CC(C)(CSc1ccccc1)C(=O)C/C(=C/CO[Si](c1ccccc1)(c1ccccc1)C(C)(C)C)CCO.